The predicted octanol–water partition coefficient (Wildman–Crippen LogP) is 0.845. The molecular formula is C10H17NO3S. The van der Waals surface area contributed by atoms with Crippen LogP contribution < -0.4 is 5.73 Å². The molecule has 0 aromatic carbocycles. The summed E-state index contributed by atoms with van der Waals surface area (Å²) in [6, 6.07) is 0. The number of ether oxygens (including phenoxy) is 1. The van der Waals surface area contributed by atoms with Crippen molar-refractivity contribution in [3.8, 4) is 0 Å². The Morgan fingerprint density at radius 3 is 2.60 bits per heavy atom. The van der Waals surface area contributed by atoms with Crippen LogP contribution in [0.5, 0.6) is 0 Å². The maximum absolute atomic E-state index is 11.1. The van der Waals surface area contributed by atoms with Crippen LogP contribution in [0, 0.1) is 0 Å². The first-order valence-electron chi connectivity index (χ1n) is 5.30. The molecule has 3 N–H and O–H groups in total. The lowest BCUT2D eigenvalue weighted by Crippen LogP contribution is -2.59. The Kier molecular flexibility index (Phi) is 2.96. The fraction of sp³-hybridized carbons (Fsp3) is 0.900. The molecule has 0 aromatic heterocycles. The molecule has 0 amide bonds. The smallest absolute Gasteiger partial charge is 0.323 e. The van der Waals surface area contributed by atoms with Crippen LogP contribution >= 0.6 is 11.8 Å². The number of rotatable bonds is 1. The molecule has 0 bridgehead atoms. The molecule has 1 spiro atoms. The van der Waals surface area contributed by atoms with Crippen LogP contribution in [-0.2, 0) is 9.53 Å². The van der Waals surface area contributed by atoms with Crippen LogP contribution in [0.15, 0.2) is 0 Å². The number of carboxylic acid groups (broad SMARTS) is 1. The Bertz CT molecular complexity index is 260. The van der Waals surface area contributed by atoms with Crippen LogP contribution in [0.4, 0.5) is 0 Å². The first-order valence-corrected chi connectivity index (χ1v) is 6.46. The highest BCUT2D eigenvalue weighted by Crippen LogP contribution is 2.40. The molecule has 2 aliphatic heterocycles. The molecule has 15 heavy (non-hydrogen) atoms. The summed E-state index contributed by atoms with van der Waals surface area (Å²) in [5.41, 5.74) is 4.60. The van der Waals surface area contributed by atoms with E-state index < -0.39 is 11.5 Å². The number of thioether (sulfide) groups is 1. The number of aliphatic carboxylic acids is 1. The van der Waals surface area contributed by atoms with E-state index in [1.165, 1.54) is 0 Å². The van der Waals surface area contributed by atoms with E-state index in [0.29, 0.717) is 19.4 Å². The number of carbonyl (C=O) groups is 1. The number of hydrogen-bond acceptors (Lipinski definition) is 4. The van der Waals surface area contributed by atoms with Gasteiger partial charge in [-0.1, -0.05) is 0 Å². The lowest BCUT2D eigenvalue weighted by Gasteiger charge is -2.45. The standard InChI is InChI=1S/C10H17NO3S/c11-10(8(12)13)1-4-14-9(7-10)2-5-15-6-3-9/h1-7,11H2,(H,12,13). The lowest BCUT2D eigenvalue weighted by molar-refractivity contribution is -0.159. The maximum atomic E-state index is 11.1. The summed E-state index contributed by atoms with van der Waals surface area (Å²) in [5, 5.41) is 9.13. The molecule has 0 aliphatic carbocycles. The zero-order valence-electron chi connectivity index (χ0n) is 8.70. The zero-order valence-corrected chi connectivity index (χ0v) is 9.52. The first-order chi connectivity index (χ1) is 7.06. The summed E-state index contributed by atoms with van der Waals surface area (Å²) in [6.07, 6.45) is 2.76. The first kappa shape index (κ1) is 11.2. The molecule has 0 radical (unpaired) electrons. The number of hydrogen-bond donors (Lipinski definition) is 2. The third-order valence-electron chi connectivity index (χ3n) is 3.42. The number of carboxylic acids is 1. The maximum Gasteiger partial charge on any atom is 0.323 e. The van der Waals surface area contributed by atoms with E-state index in [4.69, 9.17) is 15.6 Å². The minimum absolute atomic E-state index is 0.253. The van der Waals surface area contributed by atoms with Crippen molar-refractivity contribution in [1.82, 2.24) is 0 Å². The second-order valence-electron chi connectivity index (χ2n) is 4.53. The van der Waals surface area contributed by atoms with Crippen LogP contribution in [0.2, 0.25) is 0 Å². The van der Waals surface area contributed by atoms with Crippen molar-refractivity contribution in [2.45, 2.75) is 36.8 Å². The highest BCUT2D eigenvalue weighted by Gasteiger charge is 2.48. The van der Waals surface area contributed by atoms with Crippen molar-refractivity contribution >= 4 is 17.7 Å². The molecule has 2 aliphatic rings. The molecule has 5 heteroatoms. The van der Waals surface area contributed by atoms with Gasteiger partial charge in [-0.3, -0.25) is 4.79 Å². The van der Waals surface area contributed by atoms with Crippen molar-refractivity contribution in [2.24, 2.45) is 5.73 Å². The largest absolute Gasteiger partial charge is 0.480 e. The van der Waals surface area contributed by atoms with Gasteiger partial charge in [0.25, 0.3) is 0 Å². The van der Waals surface area contributed by atoms with Crippen LogP contribution in [0.3, 0.4) is 0 Å². The Morgan fingerprint density at radius 1 is 1.33 bits per heavy atom. The highest BCUT2D eigenvalue weighted by molar-refractivity contribution is 7.99. The molecule has 1 atom stereocenters. The molecule has 86 valence electrons. The van der Waals surface area contributed by atoms with E-state index in [1.807, 2.05) is 11.8 Å². The monoisotopic (exact) mass is 231 g/mol. The van der Waals surface area contributed by atoms with Crippen LogP contribution in [-0.4, -0.2) is 40.3 Å². The quantitative estimate of drug-likeness (QED) is 0.700. The SMILES string of the molecule is NC1(C(=O)O)CCOC2(CCSCC2)C1. The Morgan fingerprint density at radius 2 is 2.00 bits per heavy atom. The fourth-order valence-electron chi connectivity index (χ4n) is 2.41. The zero-order chi connectivity index (χ0) is 10.9. The molecule has 2 saturated heterocycles. The van der Waals surface area contributed by atoms with E-state index in [9.17, 15) is 4.79 Å². The normalized spacial score (nSPS) is 35.3. The minimum atomic E-state index is -1.07. The van der Waals surface area contributed by atoms with Crippen LogP contribution in [0.25, 0.3) is 0 Å². The molecule has 0 saturated carbocycles. The Labute approximate surface area is 93.5 Å². The van der Waals surface area contributed by atoms with Gasteiger partial charge >= 0.3 is 5.97 Å². The second kappa shape index (κ2) is 3.96. The van der Waals surface area contributed by atoms with Gasteiger partial charge in [0.1, 0.15) is 5.54 Å². The second-order valence-corrected chi connectivity index (χ2v) is 5.76. The van der Waals surface area contributed by atoms with Gasteiger partial charge in [-0.25, -0.2) is 0 Å². The predicted molar refractivity (Wildman–Crippen MR) is 59.0 cm³/mol. The third-order valence-corrected chi connectivity index (χ3v) is 4.41. The highest BCUT2D eigenvalue weighted by atomic mass is 32.2. The van der Waals surface area contributed by atoms with E-state index in [0.717, 1.165) is 24.3 Å². The number of nitrogens with two attached hydrogens (primary N) is 1. The van der Waals surface area contributed by atoms with Gasteiger partial charge in [0.15, 0.2) is 0 Å². The van der Waals surface area contributed by atoms with Gasteiger partial charge in [0, 0.05) is 13.0 Å². The Balaban J connectivity index is 2.11. The van der Waals surface area contributed by atoms with Crippen molar-refractivity contribution in [3.63, 3.8) is 0 Å². The third kappa shape index (κ3) is 2.14. The van der Waals surface area contributed by atoms with Gasteiger partial charge in [-0.05, 0) is 30.8 Å². The minimum Gasteiger partial charge on any atom is -0.480 e. The van der Waals surface area contributed by atoms with Crippen molar-refractivity contribution < 1.29 is 14.6 Å². The lowest BCUT2D eigenvalue weighted by atomic mass is 9.77. The van der Waals surface area contributed by atoms with Gasteiger partial charge in [0.05, 0.1) is 5.60 Å². The summed E-state index contributed by atoms with van der Waals surface area (Å²) in [4.78, 5) is 11.1. The topological polar surface area (TPSA) is 72.6 Å². The van der Waals surface area contributed by atoms with Gasteiger partial charge < -0.3 is 15.6 Å². The summed E-state index contributed by atoms with van der Waals surface area (Å²) in [5.74, 6) is 1.22. The average Bonchev–Trinajstić information content (AvgIpc) is 2.18. The van der Waals surface area contributed by atoms with Crippen molar-refractivity contribution in [3.05, 3.63) is 0 Å². The van der Waals surface area contributed by atoms with Gasteiger partial charge in [0.2, 0.25) is 0 Å². The van der Waals surface area contributed by atoms with Crippen molar-refractivity contribution in [2.75, 3.05) is 18.1 Å². The average molecular weight is 231 g/mol. The molecule has 2 rings (SSSR count). The van der Waals surface area contributed by atoms with Crippen molar-refractivity contribution in [1.29, 1.82) is 0 Å². The molecule has 0 aromatic rings. The van der Waals surface area contributed by atoms with E-state index in [1.54, 1.807) is 0 Å². The summed E-state index contributed by atoms with van der Waals surface area (Å²) in [7, 11) is 0. The molecule has 2 fully saturated rings. The van der Waals surface area contributed by atoms with Crippen LogP contribution in [0.1, 0.15) is 25.7 Å². The van der Waals surface area contributed by atoms with Gasteiger partial charge in [-0.2, -0.15) is 11.8 Å². The summed E-state index contributed by atoms with van der Waals surface area (Å²) >= 11 is 1.90. The Hall–Kier alpha value is -0.260. The summed E-state index contributed by atoms with van der Waals surface area (Å²) < 4.78 is 5.80. The van der Waals surface area contributed by atoms with Gasteiger partial charge in [-0.15, -0.1) is 0 Å². The van der Waals surface area contributed by atoms with E-state index in [2.05, 4.69) is 0 Å². The fourth-order valence-corrected chi connectivity index (χ4v) is 3.65. The summed E-state index contributed by atoms with van der Waals surface area (Å²) in [6.45, 7) is 0.480. The molecule has 1 unspecified atom stereocenters. The molecular weight excluding hydrogens is 214 g/mol. The van der Waals surface area contributed by atoms with E-state index >= 15 is 0 Å². The molecule has 4 nitrogen and oxygen atoms in total. The van der Waals surface area contributed by atoms with E-state index in [-0.39, 0.29) is 5.60 Å². The molecule has 2 heterocycles.